The summed E-state index contributed by atoms with van der Waals surface area (Å²) in [6, 6.07) is 10.4. The van der Waals surface area contributed by atoms with Gasteiger partial charge in [0.05, 0.1) is 18.0 Å². The number of hydrogen-bond donors (Lipinski definition) is 2. The normalized spacial score (nSPS) is 11.2. The quantitative estimate of drug-likeness (QED) is 0.645. The van der Waals surface area contributed by atoms with E-state index < -0.39 is 28.4 Å². The van der Waals surface area contributed by atoms with Gasteiger partial charge in [-0.1, -0.05) is 24.3 Å². The van der Waals surface area contributed by atoms with E-state index in [-0.39, 0.29) is 18.0 Å². The number of anilines is 1. The molecule has 2 N–H and O–H groups in total. The first kappa shape index (κ1) is 20.7. The van der Waals surface area contributed by atoms with Gasteiger partial charge in [-0.15, -0.1) is 0 Å². The number of benzene rings is 2. The van der Waals surface area contributed by atoms with Crippen LogP contribution in [0.15, 0.2) is 41.3 Å². The van der Waals surface area contributed by atoms with Gasteiger partial charge in [-0.3, -0.25) is 9.59 Å². The first-order valence-electron chi connectivity index (χ1n) is 8.37. The Hall–Kier alpha value is -2.65. The molecule has 0 fully saturated rings. The van der Waals surface area contributed by atoms with Crippen LogP contribution in [0.25, 0.3) is 10.8 Å². The Morgan fingerprint density at radius 2 is 1.70 bits per heavy atom. The number of amides is 1. The fourth-order valence-corrected chi connectivity index (χ4v) is 3.77. The molecular formula is C18H23N3O5S. The molecule has 0 unspecified atom stereocenters. The Balaban J connectivity index is 2.16. The molecule has 8 nitrogen and oxygen atoms in total. The van der Waals surface area contributed by atoms with E-state index in [4.69, 9.17) is 0 Å². The highest BCUT2D eigenvalue weighted by molar-refractivity contribution is 7.89. The summed E-state index contributed by atoms with van der Waals surface area (Å²) in [5.74, 6) is -1.21. The number of nitrogens with one attached hydrogen (secondary N) is 2. The van der Waals surface area contributed by atoms with Gasteiger partial charge >= 0.3 is 5.97 Å². The van der Waals surface area contributed by atoms with Gasteiger partial charge in [0, 0.05) is 30.6 Å². The number of sulfonamides is 1. The van der Waals surface area contributed by atoms with Gasteiger partial charge in [0.1, 0.15) is 6.54 Å². The standard InChI is InChI=1S/C18H23N3O5S/c1-4-26-18(23)12-19-17(22)11-20-27(24,25)16-10-6-7-13-14(16)8-5-9-15(13)21(2)3/h5-10,20H,4,11-12H2,1-3H3,(H,19,22). The molecule has 0 spiro atoms. The van der Waals surface area contributed by atoms with Gasteiger partial charge in [-0.2, -0.15) is 0 Å². The van der Waals surface area contributed by atoms with Crippen molar-refractivity contribution in [1.29, 1.82) is 0 Å². The lowest BCUT2D eigenvalue weighted by Gasteiger charge is -2.17. The number of carbonyl (C=O) groups excluding carboxylic acids is 2. The van der Waals surface area contributed by atoms with Crippen LogP contribution in [-0.4, -0.2) is 54.1 Å². The Labute approximate surface area is 158 Å². The van der Waals surface area contributed by atoms with E-state index in [1.807, 2.05) is 31.1 Å². The summed E-state index contributed by atoms with van der Waals surface area (Å²) in [6.45, 7) is 1.07. The number of nitrogens with zero attached hydrogens (tertiary/aromatic N) is 1. The Bertz CT molecular complexity index is 941. The summed E-state index contributed by atoms with van der Waals surface area (Å²) in [6.07, 6.45) is 0. The van der Waals surface area contributed by atoms with Crippen molar-refractivity contribution in [3.05, 3.63) is 36.4 Å². The minimum Gasteiger partial charge on any atom is -0.465 e. The van der Waals surface area contributed by atoms with E-state index >= 15 is 0 Å². The molecule has 0 aliphatic carbocycles. The number of esters is 1. The lowest BCUT2D eigenvalue weighted by atomic mass is 10.1. The van der Waals surface area contributed by atoms with Crippen LogP contribution in [0.4, 0.5) is 5.69 Å². The molecule has 2 aromatic rings. The maximum atomic E-state index is 12.7. The van der Waals surface area contributed by atoms with Crippen molar-refractivity contribution < 1.29 is 22.7 Å². The first-order chi connectivity index (χ1) is 12.8. The molecule has 0 aliphatic heterocycles. The van der Waals surface area contributed by atoms with E-state index in [9.17, 15) is 18.0 Å². The zero-order valence-electron chi connectivity index (χ0n) is 15.5. The molecule has 146 valence electrons. The van der Waals surface area contributed by atoms with Crippen molar-refractivity contribution in [2.75, 3.05) is 38.7 Å². The van der Waals surface area contributed by atoms with Crippen LogP contribution in [0, 0.1) is 0 Å². The summed E-state index contributed by atoms with van der Waals surface area (Å²) in [5.41, 5.74) is 0.886. The zero-order chi connectivity index (χ0) is 20.0. The van der Waals surface area contributed by atoms with Crippen LogP contribution in [0.3, 0.4) is 0 Å². The molecule has 0 saturated heterocycles. The molecule has 0 bridgehead atoms. The third-order valence-electron chi connectivity index (χ3n) is 3.79. The van der Waals surface area contributed by atoms with Gasteiger partial charge in [-0.05, 0) is 19.1 Å². The van der Waals surface area contributed by atoms with Crippen molar-refractivity contribution in [1.82, 2.24) is 10.0 Å². The van der Waals surface area contributed by atoms with Crippen molar-refractivity contribution in [2.24, 2.45) is 0 Å². The molecule has 2 aromatic carbocycles. The van der Waals surface area contributed by atoms with Crippen LogP contribution < -0.4 is 14.9 Å². The maximum Gasteiger partial charge on any atom is 0.325 e. The van der Waals surface area contributed by atoms with Gasteiger partial charge in [0.15, 0.2) is 0 Å². The second-order valence-electron chi connectivity index (χ2n) is 5.93. The third-order valence-corrected chi connectivity index (χ3v) is 5.25. The fraction of sp³-hybridized carbons (Fsp3) is 0.333. The van der Waals surface area contributed by atoms with Crippen LogP contribution in [0.5, 0.6) is 0 Å². The summed E-state index contributed by atoms with van der Waals surface area (Å²) in [5, 5.41) is 3.65. The molecule has 0 aromatic heterocycles. The van der Waals surface area contributed by atoms with Crippen molar-refractivity contribution in [3.8, 4) is 0 Å². The fourth-order valence-electron chi connectivity index (χ4n) is 2.57. The van der Waals surface area contributed by atoms with E-state index in [0.717, 1.165) is 11.1 Å². The highest BCUT2D eigenvalue weighted by Crippen LogP contribution is 2.29. The van der Waals surface area contributed by atoms with Crippen LogP contribution in [0.1, 0.15) is 6.92 Å². The van der Waals surface area contributed by atoms with Gasteiger partial charge in [0.25, 0.3) is 0 Å². The van der Waals surface area contributed by atoms with Gasteiger partial charge in [0.2, 0.25) is 15.9 Å². The van der Waals surface area contributed by atoms with E-state index in [0.29, 0.717) is 5.39 Å². The van der Waals surface area contributed by atoms with Crippen molar-refractivity contribution in [3.63, 3.8) is 0 Å². The van der Waals surface area contributed by atoms with E-state index in [1.54, 1.807) is 25.1 Å². The molecule has 0 aliphatic rings. The molecule has 0 saturated carbocycles. The SMILES string of the molecule is CCOC(=O)CNC(=O)CNS(=O)(=O)c1cccc2c(N(C)C)cccc12. The highest BCUT2D eigenvalue weighted by Gasteiger charge is 2.19. The molecule has 9 heteroatoms. The Morgan fingerprint density at radius 3 is 2.37 bits per heavy atom. The zero-order valence-corrected chi connectivity index (χ0v) is 16.3. The predicted molar refractivity (Wildman–Crippen MR) is 103 cm³/mol. The Morgan fingerprint density at radius 1 is 1.04 bits per heavy atom. The molecule has 0 heterocycles. The average molecular weight is 393 g/mol. The van der Waals surface area contributed by atoms with E-state index in [2.05, 4.69) is 14.8 Å². The van der Waals surface area contributed by atoms with Gasteiger partial charge in [-0.25, -0.2) is 13.1 Å². The van der Waals surface area contributed by atoms with Crippen LogP contribution >= 0.6 is 0 Å². The summed E-state index contributed by atoms with van der Waals surface area (Å²) >= 11 is 0. The topological polar surface area (TPSA) is 105 Å². The van der Waals surface area contributed by atoms with E-state index in [1.165, 1.54) is 6.07 Å². The second-order valence-corrected chi connectivity index (χ2v) is 7.66. The molecule has 0 atom stereocenters. The van der Waals surface area contributed by atoms with Crippen molar-refractivity contribution in [2.45, 2.75) is 11.8 Å². The third kappa shape index (κ3) is 5.18. The first-order valence-corrected chi connectivity index (χ1v) is 9.85. The molecule has 2 rings (SSSR count). The summed E-state index contributed by atoms with van der Waals surface area (Å²) in [4.78, 5) is 25.0. The number of carbonyl (C=O) groups is 2. The lowest BCUT2D eigenvalue weighted by molar-refractivity contribution is -0.143. The largest absolute Gasteiger partial charge is 0.465 e. The highest BCUT2D eigenvalue weighted by atomic mass is 32.2. The molecule has 1 amide bonds. The monoisotopic (exact) mass is 393 g/mol. The minimum atomic E-state index is -3.92. The molecule has 0 radical (unpaired) electrons. The second kappa shape index (κ2) is 8.83. The predicted octanol–water partition coefficient (Wildman–Crippen LogP) is 0.863. The molecular weight excluding hydrogens is 370 g/mol. The van der Waals surface area contributed by atoms with Crippen LogP contribution in [0.2, 0.25) is 0 Å². The number of fused-ring (bicyclic) bond motifs is 1. The number of rotatable bonds is 8. The maximum absolute atomic E-state index is 12.7. The molecule has 27 heavy (non-hydrogen) atoms. The summed E-state index contributed by atoms with van der Waals surface area (Å²) in [7, 11) is -0.165. The summed E-state index contributed by atoms with van der Waals surface area (Å²) < 4.78 is 32.3. The number of ether oxygens (including phenoxy) is 1. The van der Waals surface area contributed by atoms with Crippen molar-refractivity contribution >= 4 is 38.4 Å². The lowest BCUT2D eigenvalue weighted by Crippen LogP contribution is -2.39. The average Bonchev–Trinajstić information content (AvgIpc) is 2.63. The van der Waals surface area contributed by atoms with Gasteiger partial charge < -0.3 is 15.0 Å². The van der Waals surface area contributed by atoms with Crippen LogP contribution in [-0.2, 0) is 24.3 Å². The number of hydrogen-bond acceptors (Lipinski definition) is 6. The minimum absolute atomic E-state index is 0.0851. The smallest absolute Gasteiger partial charge is 0.325 e. The Kier molecular flexibility index (Phi) is 6.75.